The van der Waals surface area contributed by atoms with Gasteiger partial charge >= 0.3 is 143 Å². The van der Waals surface area contributed by atoms with E-state index in [1.165, 1.54) is 7.11 Å². The molecule has 5 nitrogen and oxygen atoms in total. The van der Waals surface area contributed by atoms with Gasteiger partial charge in [-0.15, -0.1) is 0 Å². The molecule has 0 fully saturated rings. The second kappa shape index (κ2) is 5.74. The Bertz CT molecular complexity index is 1140. The number of rotatable bonds is 2. The predicted molar refractivity (Wildman–Crippen MR) is 93.1 cm³/mol. The molecule has 2 aromatic heterocycles. The number of fused-ring (bicyclic) bond motifs is 2. The summed E-state index contributed by atoms with van der Waals surface area (Å²) in [4.78, 5) is 28.9. The maximum atomic E-state index is 12.8. The van der Waals surface area contributed by atoms with Crippen LogP contribution in [0.3, 0.4) is 0 Å². The van der Waals surface area contributed by atoms with Crippen molar-refractivity contribution in [3.63, 3.8) is 0 Å². The number of aromatic nitrogens is 2. The summed E-state index contributed by atoms with van der Waals surface area (Å²) < 4.78 is 7.39. The van der Waals surface area contributed by atoms with E-state index in [0.717, 1.165) is 20.9 Å². The van der Waals surface area contributed by atoms with Crippen molar-refractivity contribution in [2.24, 2.45) is 0 Å². The first kappa shape index (κ1) is 14.9. The van der Waals surface area contributed by atoms with Crippen LogP contribution in [0, 0.1) is 0 Å². The molecule has 0 aliphatic rings. The molecule has 0 bridgehead atoms. The van der Waals surface area contributed by atoms with Crippen molar-refractivity contribution in [2.75, 3.05) is 7.11 Å². The zero-order chi connectivity index (χ0) is 16.7. The first-order valence-electron chi connectivity index (χ1n) is 7.27. The van der Waals surface area contributed by atoms with Gasteiger partial charge in [-0.05, 0) is 0 Å². The number of methoxy groups -OCH3 is 1. The fourth-order valence-corrected chi connectivity index (χ4v) is 4.90. The average Bonchev–Trinajstić information content (AvgIpc) is 2.96. The van der Waals surface area contributed by atoms with Gasteiger partial charge in [-0.2, -0.15) is 0 Å². The van der Waals surface area contributed by atoms with E-state index in [1.807, 2.05) is 30.3 Å². The van der Waals surface area contributed by atoms with Crippen LogP contribution in [-0.2, 0) is 4.74 Å². The SMILES string of the molecule is COC(=O)c1ccc2c(=O)n(-c3cccc4cccnc34)[se]c2c1. The first-order chi connectivity index (χ1) is 11.7. The Morgan fingerprint density at radius 3 is 2.83 bits per heavy atom. The Balaban J connectivity index is 1.98. The number of hydrogen-bond donors (Lipinski definition) is 0. The summed E-state index contributed by atoms with van der Waals surface area (Å²) in [6, 6.07) is 14.7. The molecule has 0 unspecified atom stereocenters. The van der Waals surface area contributed by atoms with Crippen molar-refractivity contribution in [1.82, 2.24) is 8.55 Å². The summed E-state index contributed by atoms with van der Waals surface area (Å²) >= 11 is -0.248. The average molecular weight is 383 g/mol. The van der Waals surface area contributed by atoms with Gasteiger partial charge in [0.15, 0.2) is 0 Å². The van der Waals surface area contributed by atoms with Crippen LogP contribution in [0.25, 0.3) is 26.2 Å². The van der Waals surface area contributed by atoms with Crippen LogP contribution in [-0.4, -0.2) is 36.4 Å². The third kappa shape index (κ3) is 2.28. The third-order valence-electron chi connectivity index (χ3n) is 3.84. The minimum absolute atomic E-state index is 0.0560. The topological polar surface area (TPSA) is 61.2 Å². The molecule has 0 N–H and O–H groups in total. The molecule has 2 heterocycles. The zero-order valence-corrected chi connectivity index (χ0v) is 14.4. The molecular formula is C18H12N2O3Se. The summed E-state index contributed by atoms with van der Waals surface area (Å²) in [5.74, 6) is -0.397. The number of benzene rings is 2. The zero-order valence-electron chi connectivity index (χ0n) is 12.7. The fraction of sp³-hybridized carbons (Fsp3) is 0.0556. The van der Waals surface area contributed by atoms with Crippen molar-refractivity contribution in [1.29, 1.82) is 0 Å². The number of pyridine rings is 1. The summed E-state index contributed by atoms with van der Waals surface area (Å²) in [6.07, 6.45) is 1.72. The Morgan fingerprint density at radius 1 is 1.17 bits per heavy atom. The molecule has 6 heteroatoms. The van der Waals surface area contributed by atoms with Gasteiger partial charge in [0.05, 0.1) is 0 Å². The quantitative estimate of drug-likeness (QED) is 0.394. The summed E-state index contributed by atoms with van der Waals surface area (Å²) in [7, 11) is 1.35. The third-order valence-corrected chi connectivity index (χ3v) is 6.10. The van der Waals surface area contributed by atoms with E-state index in [1.54, 1.807) is 28.0 Å². The molecule has 0 spiro atoms. The van der Waals surface area contributed by atoms with Gasteiger partial charge in [0, 0.05) is 0 Å². The van der Waals surface area contributed by atoms with Crippen LogP contribution in [0.5, 0.6) is 0 Å². The number of para-hydroxylation sites is 1. The molecule has 4 rings (SSSR count). The molecule has 24 heavy (non-hydrogen) atoms. The molecule has 2 aromatic carbocycles. The fourth-order valence-electron chi connectivity index (χ4n) is 2.68. The standard InChI is InChI=1S/C18H12N2O3Se/c1-23-18(22)12-7-8-13-15(10-12)24-20(17(13)21)14-6-2-4-11-5-3-9-19-16(11)14/h2-10H,1H3. The van der Waals surface area contributed by atoms with Gasteiger partial charge in [-0.3, -0.25) is 0 Å². The molecule has 0 atom stereocenters. The molecule has 0 saturated carbocycles. The van der Waals surface area contributed by atoms with E-state index >= 15 is 0 Å². The summed E-state index contributed by atoms with van der Waals surface area (Å²) in [6.45, 7) is 0. The van der Waals surface area contributed by atoms with Crippen LogP contribution in [0.4, 0.5) is 0 Å². The Hall–Kier alpha value is -2.69. The van der Waals surface area contributed by atoms with E-state index in [9.17, 15) is 9.59 Å². The van der Waals surface area contributed by atoms with Gasteiger partial charge < -0.3 is 0 Å². The number of carbonyl (C=O) groups is 1. The maximum absolute atomic E-state index is 12.8. The van der Waals surface area contributed by atoms with Crippen molar-refractivity contribution in [2.45, 2.75) is 0 Å². The second-order valence-corrected chi connectivity index (χ2v) is 7.32. The number of ether oxygens (including phenoxy) is 1. The first-order valence-corrected chi connectivity index (χ1v) is 8.90. The van der Waals surface area contributed by atoms with Crippen molar-refractivity contribution in [3.8, 4) is 5.69 Å². The molecule has 4 aromatic rings. The Labute approximate surface area is 143 Å². The van der Waals surface area contributed by atoms with Gasteiger partial charge in [-0.25, -0.2) is 0 Å². The van der Waals surface area contributed by atoms with Crippen molar-refractivity contribution < 1.29 is 9.53 Å². The molecule has 0 saturated heterocycles. The van der Waals surface area contributed by atoms with E-state index in [-0.39, 0.29) is 20.3 Å². The van der Waals surface area contributed by atoms with Crippen LogP contribution >= 0.6 is 0 Å². The van der Waals surface area contributed by atoms with E-state index in [4.69, 9.17) is 4.74 Å². The van der Waals surface area contributed by atoms with Crippen LogP contribution < -0.4 is 5.56 Å². The molecule has 118 valence electrons. The van der Waals surface area contributed by atoms with E-state index in [2.05, 4.69) is 4.98 Å². The normalized spacial score (nSPS) is 11.0. The number of nitrogens with zero attached hydrogens (tertiary/aromatic N) is 2. The monoisotopic (exact) mass is 384 g/mol. The summed E-state index contributed by atoms with van der Waals surface area (Å²) in [5, 5.41) is 1.63. The van der Waals surface area contributed by atoms with Gasteiger partial charge in [-0.1, -0.05) is 0 Å². The molecular weight excluding hydrogens is 371 g/mol. The van der Waals surface area contributed by atoms with Crippen LogP contribution in [0.15, 0.2) is 59.5 Å². The molecule has 0 aliphatic heterocycles. The Morgan fingerprint density at radius 2 is 2.00 bits per heavy atom. The van der Waals surface area contributed by atoms with Crippen molar-refractivity contribution in [3.05, 3.63) is 70.6 Å². The van der Waals surface area contributed by atoms with Gasteiger partial charge in [0.2, 0.25) is 0 Å². The Kier molecular flexibility index (Phi) is 3.56. The molecule has 0 radical (unpaired) electrons. The van der Waals surface area contributed by atoms with Gasteiger partial charge in [0.1, 0.15) is 0 Å². The number of esters is 1. The minimum atomic E-state index is -0.397. The van der Waals surface area contributed by atoms with E-state index in [0.29, 0.717) is 10.9 Å². The predicted octanol–water partition coefficient (Wildman–Crippen LogP) is 2.38. The molecule has 0 amide bonds. The van der Waals surface area contributed by atoms with Crippen LogP contribution in [0.2, 0.25) is 0 Å². The van der Waals surface area contributed by atoms with Crippen LogP contribution in [0.1, 0.15) is 10.4 Å². The second-order valence-electron chi connectivity index (χ2n) is 5.25. The number of hydrogen-bond acceptors (Lipinski definition) is 4. The molecule has 0 aliphatic carbocycles. The summed E-state index contributed by atoms with van der Waals surface area (Å²) in [5.41, 5.74) is 2.01. The van der Waals surface area contributed by atoms with E-state index < -0.39 is 5.97 Å². The van der Waals surface area contributed by atoms with Gasteiger partial charge in [0.25, 0.3) is 0 Å². The van der Waals surface area contributed by atoms with Crippen molar-refractivity contribution >= 4 is 41.3 Å². The number of carbonyl (C=O) groups excluding carboxylic acids is 1.